The Morgan fingerprint density at radius 2 is 2.00 bits per heavy atom. The lowest BCUT2D eigenvalue weighted by molar-refractivity contribution is -0.121. The van der Waals surface area contributed by atoms with Crippen molar-refractivity contribution in [2.24, 2.45) is 0 Å². The lowest BCUT2D eigenvalue weighted by Gasteiger charge is -2.35. The van der Waals surface area contributed by atoms with Crippen LogP contribution < -0.4 is 10.6 Å². The Labute approximate surface area is 139 Å². The maximum atomic E-state index is 12.3. The first-order valence-corrected chi connectivity index (χ1v) is 8.58. The molecule has 1 atom stereocenters. The number of likely N-dealkylation sites (tertiary alicyclic amines) is 1. The van der Waals surface area contributed by atoms with E-state index in [0.29, 0.717) is 17.1 Å². The minimum atomic E-state index is -0.159. The number of hydrogen-bond acceptors (Lipinski definition) is 7. The fourth-order valence-electron chi connectivity index (χ4n) is 2.65. The highest BCUT2D eigenvalue weighted by molar-refractivity contribution is 7.13. The number of aromatic nitrogens is 3. The number of carbonyl (C=O) groups is 1. The van der Waals surface area contributed by atoms with E-state index in [0.717, 1.165) is 25.9 Å². The first-order valence-electron chi connectivity index (χ1n) is 7.70. The van der Waals surface area contributed by atoms with Crippen molar-refractivity contribution in [1.29, 1.82) is 0 Å². The van der Waals surface area contributed by atoms with Crippen LogP contribution in [0.3, 0.4) is 0 Å². The van der Waals surface area contributed by atoms with Crippen LogP contribution in [0, 0.1) is 0 Å². The number of nitrogens with zero attached hydrogens (tertiary/aromatic N) is 4. The number of piperidine rings is 1. The number of anilines is 2. The third kappa shape index (κ3) is 4.23. The molecule has 0 spiro atoms. The van der Waals surface area contributed by atoms with Gasteiger partial charge in [-0.05, 0) is 25.8 Å². The maximum absolute atomic E-state index is 12.3. The number of hydrogen-bond donors (Lipinski definition) is 2. The van der Waals surface area contributed by atoms with E-state index in [2.05, 4.69) is 30.5 Å². The van der Waals surface area contributed by atoms with Crippen LogP contribution in [0.1, 0.15) is 19.8 Å². The standard InChI is InChI=1S/C15H20N6OS/c1-11(13(22)20-15-18-7-10-23-15)21-8-3-12(4-9-21)19-14-16-5-2-6-17-14/h2,5-7,10-12H,3-4,8-9H2,1H3,(H,16,17,19)(H,18,20,22). The van der Waals surface area contributed by atoms with Crippen molar-refractivity contribution in [2.75, 3.05) is 23.7 Å². The van der Waals surface area contributed by atoms with Crippen LogP contribution >= 0.6 is 11.3 Å². The van der Waals surface area contributed by atoms with Gasteiger partial charge in [0.1, 0.15) is 0 Å². The van der Waals surface area contributed by atoms with Gasteiger partial charge in [-0.1, -0.05) is 0 Å². The number of carbonyl (C=O) groups excluding carboxylic acids is 1. The Bertz CT molecular complexity index is 612. The second-order valence-electron chi connectivity index (χ2n) is 5.53. The van der Waals surface area contributed by atoms with E-state index in [4.69, 9.17) is 0 Å². The first-order chi connectivity index (χ1) is 11.2. The van der Waals surface area contributed by atoms with Crippen LogP contribution in [0.15, 0.2) is 30.0 Å². The summed E-state index contributed by atoms with van der Waals surface area (Å²) in [6.45, 7) is 3.69. The van der Waals surface area contributed by atoms with E-state index in [9.17, 15) is 4.79 Å². The molecule has 1 aliphatic heterocycles. The SMILES string of the molecule is CC(C(=O)Nc1nccs1)N1CCC(Nc2ncccn2)CC1. The third-order valence-corrected chi connectivity index (χ3v) is 4.71. The predicted octanol–water partition coefficient (Wildman–Crippen LogP) is 1.84. The molecule has 1 aliphatic rings. The molecule has 1 amide bonds. The highest BCUT2D eigenvalue weighted by Crippen LogP contribution is 2.17. The summed E-state index contributed by atoms with van der Waals surface area (Å²) in [5.74, 6) is 0.665. The second-order valence-corrected chi connectivity index (χ2v) is 6.42. The molecule has 23 heavy (non-hydrogen) atoms. The van der Waals surface area contributed by atoms with Gasteiger partial charge in [0.05, 0.1) is 6.04 Å². The Balaban J connectivity index is 1.47. The highest BCUT2D eigenvalue weighted by atomic mass is 32.1. The van der Waals surface area contributed by atoms with Crippen LogP contribution in [0.2, 0.25) is 0 Å². The number of rotatable bonds is 5. The molecule has 8 heteroatoms. The summed E-state index contributed by atoms with van der Waals surface area (Å²) in [6, 6.07) is 1.99. The zero-order chi connectivity index (χ0) is 16.1. The van der Waals surface area contributed by atoms with Crippen molar-refractivity contribution in [2.45, 2.75) is 31.8 Å². The summed E-state index contributed by atoms with van der Waals surface area (Å²) in [4.78, 5) is 26.9. The lowest BCUT2D eigenvalue weighted by Crippen LogP contribution is -2.48. The van der Waals surface area contributed by atoms with Crippen LogP contribution in [0.25, 0.3) is 0 Å². The van der Waals surface area contributed by atoms with Gasteiger partial charge in [0, 0.05) is 43.1 Å². The van der Waals surface area contributed by atoms with Crippen molar-refractivity contribution < 1.29 is 4.79 Å². The van der Waals surface area contributed by atoms with E-state index in [1.54, 1.807) is 24.7 Å². The minimum Gasteiger partial charge on any atom is -0.351 e. The summed E-state index contributed by atoms with van der Waals surface area (Å²) in [7, 11) is 0. The molecule has 1 saturated heterocycles. The van der Waals surface area contributed by atoms with Crippen molar-refractivity contribution in [3.05, 3.63) is 30.0 Å². The Hall–Kier alpha value is -2.06. The zero-order valence-electron chi connectivity index (χ0n) is 13.0. The molecule has 1 unspecified atom stereocenters. The summed E-state index contributed by atoms with van der Waals surface area (Å²) in [5, 5.41) is 8.71. The molecule has 0 radical (unpaired) electrons. The molecule has 0 aromatic carbocycles. The topological polar surface area (TPSA) is 83.0 Å². The lowest BCUT2D eigenvalue weighted by atomic mass is 10.0. The van der Waals surface area contributed by atoms with E-state index < -0.39 is 0 Å². The van der Waals surface area contributed by atoms with E-state index in [-0.39, 0.29) is 11.9 Å². The van der Waals surface area contributed by atoms with Crippen molar-refractivity contribution in [1.82, 2.24) is 19.9 Å². The zero-order valence-corrected chi connectivity index (χ0v) is 13.8. The summed E-state index contributed by atoms with van der Waals surface area (Å²) >= 11 is 1.43. The van der Waals surface area contributed by atoms with Crippen LogP contribution in [-0.2, 0) is 4.79 Å². The van der Waals surface area contributed by atoms with Gasteiger partial charge in [-0.25, -0.2) is 15.0 Å². The molecule has 2 aromatic heterocycles. The molecular weight excluding hydrogens is 312 g/mol. The van der Waals surface area contributed by atoms with Crippen molar-refractivity contribution >= 4 is 28.3 Å². The average Bonchev–Trinajstić information content (AvgIpc) is 3.09. The maximum Gasteiger partial charge on any atom is 0.243 e. The molecule has 2 N–H and O–H groups in total. The minimum absolute atomic E-state index is 0.00208. The Morgan fingerprint density at radius 3 is 2.65 bits per heavy atom. The normalized spacial score (nSPS) is 17.6. The number of nitrogens with one attached hydrogen (secondary N) is 2. The Kier molecular flexibility index (Phi) is 5.14. The van der Waals surface area contributed by atoms with Crippen molar-refractivity contribution in [3.63, 3.8) is 0 Å². The Morgan fingerprint density at radius 1 is 1.26 bits per heavy atom. The highest BCUT2D eigenvalue weighted by Gasteiger charge is 2.27. The summed E-state index contributed by atoms with van der Waals surface area (Å²) < 4.78 is 0. The van der Waals surface area contributed by atoms with Gasteiger partial charge in [-0.2, -0.15) is 0 Å². The molecule has 3 heterocycles. The number of amides is 1. The predicted molar refractivity (Wildman–Crippen MR) is 90.5 cm³/mol. The molecule has 0 aliphatic carbocycles. The first kappa shape index (κ1) is 15.8. The summed E-state index contributed by atoms with van der Waals surface area (Å²) in [6.07, 6.45) is 7.08. The average molecular weight is 332 g/mol. The third-order valence-electron chi connectivity index (χ3n) is 4.02. The van der Waals surface area contributed by atoms with Gasteiger partial charge < -0.3 is 10.6 Å². The molecule has 7 nitrogen and oxygen atoms in total. The molecular formula is C15H20N6OS. The fraction of sp³-hybridized carbons (Fsp3) is 0.467. The van der Waals surface area contributed by atoms with Gasteiger partial charge in [-0.3, -0.25) is 9.69 Å². The molecule has 122 valence electrons. The van der Waals surface area contributed by atoms with Crippen LogP contribution in [0.4, 0.5) is 11.1 Å². The van der Waals surface area contributed by atoms with Gasteiger partial charge in [0.25, 0.3) is 0 Å². The molecule has 0 bridgehead atoms. The van der Waals surface area contributed by atoms with Gasteiger partial charge in [0.2, 0.25) is 11.9 Å². The second kappa shape index (κ2) is 7.47. The van der Waals surface area contributed by atoms with Gasteiger partial charge in [0.15, 0.2) is 5.13 Å². The molecule has 2 aromatic rings. The van der Waals surface area contributed by atoms with E-state index in [1.807, 2.05) is 12.3 Å². The monoisotopic (exact) mass is 332 g/mol. The smallest absolute Gasteiger partial charge is 0.243 e. The van der Waals surface area contributed by atoms with Crippen LogP contribution in [-0.4, -0.2) is 50.9 Å². The molecule has 0 saturated carbocycles. The number of thiazole rings is 1. The van der Waals surface area contributed by atoms with Gasteiger partial charge in [-0.15, -0.1) is 11.3 Å². The van der Waals surface area contributed by atoms with E-state index >= 15 is 0 Å². The van der Waals surface area contributed by atoms with Gasteiger partial charge >= 0.3 is 0 Å². The molecule has 1 fully saturated rings. The van der Waals surface area contributed by atoms with Crippen LogP contribution in [0.5, 0.6) is 0 Å². The largest absolute Gasteiger partial charge is 0.351 e. The summed E-state index contributed by atoms with van der Waals surface area (Å²) in [5.41, 5.74) is 0. The quantitative estimate of drug-likeness (QED) is 0.869. The van der Waals surface area contributed by atoms with E-state index in [1.165, 1.54) is 11.3 Å². The fourth-order valence-corrected chi connectivity index (χ4v) is 3.18. The van der Waals surface area contributed by atoms with Crippen molar-refractivity contribution in [3.8, 4) is 0 Å². The molecule has 3 rings (SSSR count).